The molecule has 20 heavy (non-hydrogen) atoms. The number of pyridine rings is 1. The van der Waals surface area contributed by atoms with Gasteiger partial charge in [-0.15, -0.1) is 0 Å². The van der Waals surface area contributed by atoms with Crippen LogP contribution in [0.5, 0.6) is 5.75 Å². The van der Waals surface area contributed by atoms with Crippen molar-refractivity contribution in [3.63, 3.8) is 0 Å². The molecule has 0 atom stereocenters. The minimum atomic E-state index is -0.579. The van der Waals surface area contributed by atoms with Crippen molar-refractivity contribution in [1.82, 2.24) is 4.98 Å². The van der Waals surface area contributed by atoms with E-state index in [-0.39, 0.29) is 28.1 Å². The number of non-ortho nitro benzene ring substituents is 1. The summed E-state index contributed by atoms with van der Waals surface area (Å²) in [6, 6.07) is 5.72. The highest BCUT2D eigenvalue weighted by Crippen LogP contribution is 2.37. The normalized spacial score (nSPS) is 10.3. The standard InChI is InChI=1S/C12H7Cl3N2O3/c13-9-4-8(17(18)19)5-10(14)12(9)20-6-7-1-2-16-11(15)3-7/h1-5H,6H2. The Bertz CT molecular complexity index is 641. The zero-order valence-electron chi connectivity index (χ0n) is 9.85. The van der Waals surface area contributed by atoms with Crippen LogP contribution in [0, 0.1) is 10.1 Å². The fourth-order valence-corrected chi connectivity index (χ4v) is 2.26. The van der Waals surface area contributed by atoms with Gasteiger partial charge in [-0.05, 0) is 17.7 Å². The minimum absolute atomic E-state index is 0.0735. The van der Waals surface area contributed by atoms with Crippen LogP contribution >= 0.6 is 34.8 Å². The predicted molar refractivity (Wildman–Crippen MR) is 76.7 cm³/mol. The average molecular weight is 334 g/mol. The largest absolute Gasteiger partial charge is 0.486 e. The molecule has 0 fully saturated rings. The summed E-state index contributed by atoms with van der Waals surface area (Å²) >= 11 is 17.6. The predicted octanol–water partition coefficient (Wildman–Crippen LogP) is 4.53. The van der Waals surface area contributed by atoms with Crippen molar-refractivity contribution in [2.24, 2.45) is 0 Å². The maximum absolute atomic E-state index is 10.7. The summed E-state index contributed by atoms with van der Waals surface area (Å²) in [6.07, 6.45) is 1.54. The summed E-state index contributed by atoms with van der Waals surface area (Å²) in [4.78, 5) is 13.9. The van der Waals surface area contributed by atoms with Crippen molar-refractivity contribution < 1.29 is 9.66 Å². The van der Waals surface area contributed by atoms with E-state index in [1.807, 2.05) is 0 Å². The molecule has 0 saturated heterocycles. The molecule has 0 aliphatic carbocycles. The molecule has 8 heteroatoms. The van der Waals surface area contributed by atoms with E-state index in [1.165, 1.54) is 12.1 Å². The van der Waals surface area contributed by atoms with Crippen LogP contribution in [0.25, 0.3) is 0 Å². The van der Waals surface area contributed by atoms with E-state index in [2.05, 4.69) is 4.98 Å². The van der Waals surface area contributed by atoms with Crippen molar-refractivity contribution in [3.05, 3.63) is 61.3 Å². The van der Waals surface area contributed by atoms with Crippen LogP contribution in [-0.4, -0.2) is 9.91 Å². The second-order valence-corrected chi connectivity index (χ2v) is 4.97. The van der Waals surface area contributed by atoms with E-state index in [0.29, 0.717) is 5.15 Å². The molecule has 0 unspecified atom stereocenters. The number of halogens is 3. The number of aromatic nitrogens is 1. The number of hydrogen-bond acceptors (Lipinski definition) is 4. The molecule has 5 nitrogen and oxygen atoms in total. The second-order valence-electron chi connectivity index (χ2n) is 3.77. The highest BCUT2D eigenvalue weighted by molar-refractivity contribution is 6.37. The van der Waals surface area contributed by atoms with Gasteiger partial charge in [0.15, 0.2) is 5.75 Å². The van der Waals surface area contributed by atoms with Gasteiger partial charge >= 0.3 is 0 Å². The molecule has 104 valence electrons. The molecule has 2 rings (SSSR count). The van der Waals surface area contributed by atoms with Crippen LogP contribution in [0.3, 0.4) is 0 Å². The van der Waals surface area contributed by atoms with Gasteiger partial charge in [0, 0.05) is 18.3 Å². The second kappa shape index (κ2) is 6.26. The molecule has 1 heterocycles. The minimum Gasteiger partial charge on any atom is -0.486 e. The molecule has 0 radical (unpaired) electrons. The molecule has 1 aromatic carbocycles. The van der Waals surface area contributed by atoms with E-state index in [4.69, 9.17) is 39.5 Å². The number of nitro benzene ring substituents is 1. The molecular weight excluding hydrogens is 327 g/mol. The van der Waals surface area contributed by atoms with Crippen molar-refractivity contribution in [2.75, 3.05) is 0 Å². The molecule has 0 spiro atoms. The molecule has 0 N–H and O–H groups in total. The molecule has 0 aliphatic rings. The topological polar surface area (TPSA) is 65.3 Å². The first-order chi connectivity index (χ1) is 9.47. The van der Waals surface area contributed by atoms with Gasteiger partial charge in [0.25, 0.3) is 5.69 Å². The fourth-order valence-electron chi connectivity index (χ4n) is 1.48. The van der Waals surface area contributed by atoms with Crippen molar-refractivity contribution in [3.8, 4) is 5.75 Å². The molecule has 0 aliphatic heterocycles. The van der Waals surface area contributed by atoms with Gasteiger partial charge in [0.05, 0.1) is 15.0 Å². The van der Waals surface area contributed by atoms with Crippen molar-refractivity contribution in [2.45, 2.75) is 6.61 Å². The van der Waals surface area contributed by atoms with Crippen LogP contribution < -0.4 is 4.74 Å². The Morgan fingerprint density at radius 2 is 1.85 bits per heavy atom. The first-order valence-electron chi connectivity index (χ1n) is 5.34. The van der Waals surface area contributed by atoms with Gasteiger partial charge in [-0.3, -0.25) is 10.1 Å². The van der Waals surface area contributed by atoms with Crippen molar-refractivity contribution >= 4 is 40.5 Å². The van der Waals surface area contributed by atoms with Gasteiger partial charge in [-0.25, -0.2) is 4.98 Å². The Balaban J connectivity index is 2.20. The first-order valence-corrected chi connectivity index (χ1v) is 6.47. The van der Waals surface area contributed by atoms with Gasteiger partial charge < -0.3 is 4.74 Å². The molecule has 0 bridgehead atoms. The van der Waals surface area contributed by atoms with Crippen LogP contribution in [0.2, 0.25) is 15.2 Å². The Morgan fingerprint density at radius 1 is 1.20 bits per heavy atom. The molecule has 1 aromatic heterocycles. The Morgan fingerprint density at radius 3 is 2.40 bits per heavy atom. The van der Waals surface area contributed by atoms with Gasteiger partial charge in [0.2, 0.25) is 0 Å². The SMILES string of the molecule is O=[N+]([O-])c1cc(Cl)c(OCc2ccnc(Cl)c2)c(Cl)c1. The van der Waals surface area contributed by atoms with Crippen LogP contribution in [-0.2, 0) is 6.61 Å². The monoisotopic (exact) mass is 332 g/mol. The van der Waals surface area contributed by atoms with E-state index >= 15 is 0 Å². The maximum Gasteiger partial charge on any atom is 0.272 e. The summed E-state index contributed by atoms with van der Waals surface area (Å²) in [5.74, 6) is 0.187. The van der Waals surface area contributed by atoms with E-state index in [9.17, 15) is 10.1 Å². The molecule has 0 saturated carbocycles. The van der Waals surface area contributed by atoms with E-state index < -0.39 is 4.92 Å². The summed E-state index contributed by atoms with van der Waals surface area (Å²) in [6.45, 7) is 0.166. The van der Waals surface area contributed by atoms with E-state index in [1.54, 1.807) is 18.3 Å². The highest BCUT2D eigenvalue weighted by atomic mass is 35.5. The zero-order chi connectivity index (χ0) is 14.7. The van der Waals surface area contributed by atoms with Crippen LogP contribution in [0.1, 0.15) is 5.56 Å². The third-order valence-corrected chi connectivity index (χ3v) is 3.14. The van der Waals surface area contributed by atoms with Crippen LogP contribution in [0.4, 0.5) is 5.69 Å². The summed E-state index contributed by atoms with van der Waals surface area (Å²) in [5.41, 5.74) is 0.579. The third kappa shape index (κ3) is 3.50. The van der Waals surface area contributed by atoms with Gasteiger partial charge in [-0.2, -0.15) is 0 Å². The Labute approximate surface area is 129 Å². The number of nitrogens with zero attached hydrogens (tertiary/aromatic N) is 2. The molecule has 2 aromatic rings. The van der Waals surface area contributed by atoms with Crippen molar-refractivity contribution in [1.29, 1.82) is 0 Å². The van der Waals surface area contributed by atoms with E-state index in [0.717, 1.165) is 5.56 Å². The maximum atomic E-state index is 10.7. The Hall–Kier alpha value is -1.56. The lowest BCUT2D eigenvalue weighted by atomic mass is 10.3. The highest BCUT2D eigenvalue weighted by Gasteiger charge is 2.15. The lowest BCUT2D eigenvalue weighted by Gasteiger charge is -2.10. The summed E-state index contributed by atoms with van der Waals surface area (Å²) in [7, 11) is 0. The lowest BCUT2D eigenvalue weighted by molar-refractivity contribution is -0.384. The summed E-state index contributed by atoms with van der Waals surface area (Å²) < 4.78 is 5.47. The van der Waals surface area contributed by atoms with Gasteiger partial charge in [0.1, 0.15) is 11.8 Å². The first kappa shape index (κ1) is 14.8. The third-order valence-electron chi connectivity index (χ3n) is 2.37. The number of hydrogen-bond donors (Lipinski definition) is 0. The Kier molecular flexibility index (Phi) is 4.65. The van der Waals surface area contributed by atoms with Crippen LogP contribution in [0.15, 0.2) is 30.5 Å². The number of rotatable bonds is 4. The molecular formula is C12H7Cl3N2O3. The number of benzene rings is 1. The smallest absolute Gasteiger partial charge is 0.272 e. The zero-order valence-corrected chi connectivity index (χ0v) is 12.1. The quantitative estimate of drug-likeness (QED) is 0.468. The summed E-state index contributed by atoms with van der Waals surface area (Å²) in [5, 5.41) is 11.1. The average Bonchev–Trinajstić information content (AvgIpc) is 2.37. The fraction of sp³-hybridized carbons (Fsp3) is 0.0833. The molecule has 0 amide bonds. The number of nitro groups is 1. The van der Waals surface area contributed by atoms with Gasteiger partial charge in [-0.1, -0.05) is 34.8 Å². The lowest BCUT2D eigenvalue weighted by Crippen LogP contribution is -1.98. The number of ether oxygens (including phenoxy) is 1.